The molecule has 2 aromatic heterocycles. The van der Waals surface area contributed by atoms with Gasteiger partial charge in [0.05, 0.1) is 11.4 Å². The minimum Gasteiger partial charge on any atom is -0.321 e. The Morgan fingerprint density at radius 2 is 1.92 bits per heavy atom. The number of sulfone groups is 1. The van der Waals surface area contributed by atoms with Crippen molar-refractivity contribution >= 4 is 27.1 Å². The van der Waals surface area contributed by atoms with E-state index >= 15 is 0 Å². The summed E-state index contributed by atoms with van der Waals surface area (Å²) in [6.07, 6.45) is 2.02. The van der Waals surface area contributed by atoms with Crippen LogP contribution in [0.5, 0.6) is 0 Å². The Kier molecular flexibility index (Phi) is 4.78. The minimum absolute atomic E-state index is 0.00708. The molecule has 3 aromatic rings. The number of benzene rings is 1. The van der Waals surface area contributed by atoms with Crippen LogP contribution in [0.3, 0.4) is 0 Å². The number of amides is 1. The number of aromatic nitrogens is 3. The quantitative estimate of drug-likeness (QED) is 0.743. The molecule has 0 aliphatic carbocycles. The number of hydrogen-bond donors (Lipinski definition) is 1. The van der Waals surface area contributed by atoms with E-state index in [-0.39, 0.29) is 16.8 Å². The van der Waals surface area contributed by atoms with Crippen LogP contribution in [0.1, 0.15) is 34.8 Å². The summed E-state index contributed by atoms with van der Waals surface area (Å²) in [6.45, 7) is 5.58. The number of nitrogens with one attached hydrogen (secondary N) is 1. The lowest BCUT2D eigenvalue weighted by atomic mass is 10.1. The van der Waals surface area contributed by atoms with E-state index in [4.69, 9.17) is 0 Å². The Balaban J connectivity index is 1.96. The van der Waals surface area contributed by atoms with Crippen molar-refractivity contribution < 1.29 is 13.2 Å². The molecular weight excluding hydrogens is 352 g/mol. The molecule has 1 amide bonds. The third-order valence-electron chi connectivity index (χ3n) is 4.02. The summed E-state index contributed by atoms with van der Waals surface area (Å²) in [4.78, 5) is 12.6. The van der Waals surface area contributed by atoms with E-state index in [0.717, 1.165) is 11.1 Å². The molecule has 0 unspecified atom stereocenters. The second kappa shape index (κ2) is 6.87. The predicted octanol–water partition coefficient (Wildman–Crippen LogP) is 2.78. The number of aryl methyl sites for hydroxylation is 2. The van der Waals surface area contributed by atoms with Crippen molar-refractivity contribution in [2.75, 3.05) is 11.1 Å². The van der Waals surface area contributed by atoms with Crippen molar-refractivity contribution in [3.05, 3.63) is 53.2 Å². The predicted molar refractivity (Wildman–Crippen MR) is 99.2 cm³/mol. The van der Waals surface area contributed by atoms with Crippen LogP contribution in [0, 0.1) is 13.8 Å². The highest BCUT2D eigenvalue weighted by molar-refractivity contribution is 7.91. The van der Waals surface area contributed by atoms with Crippen molar-refractivity contribution in [3.63, 3.8) is 0 Å². The van der Waals surface area contributed by atoms with Crippen molar-refractivity contribution in [2.45, 2.75) is 32.3 Å². The van der Waals surface area contributed by atoms with Crippen LogP contribution in [0.2, 0.25) is 0 Å². The van der Waals surface area contributed by atoms with Gasteiger partial charge in [0.1, 0.15) is 0 Å². The van der Waals surface area contributed by atoms with Gasteiger partial charge in [-0.1, -0.05) is 24.6 Å². The molecule has 1 aromatic carbocycles. The number of anilines is 1. The Hall–Kier alpha value is -2.74. The van der Waals surface area contributed by atoms with Crippen molar-refractivity contribution in [1.29, 1.82) is 0 Å². The molecule has 0 bridgehead atoms. The summed E-state index contributed by atoms with van der Waals surface area (Å²) in [5.41, 5.74) is 3.31. The zero-order valence-corrected chi connectivity index (χ0v) is 15.7. The summed E-state index contributed by atoms with van der Waals surface area (Å²) in [5.74, 6) is -0.260. The first-order valence-corrected chi connectivity index (χ1v) is 9.93. The van der Waals surface area contributed by atoms with Crippen LogP contribution < -0.4 is 5.32 Å². The van der Waals surface area contributed by atoms with Crippen LogP contribution in [0.4, 0.5) is 5.69 Å². The molecule has 0 fully saturated rings. The van der Waals surface area contributed by atoms with E-state index in [1.807, 2.05) is 32.0 Å². The summed E-state index contributed by atoms with van der Waals surface area (Å²) in [6, 6.07) is 8.95. The fraction of sp³-hybridized carbons (Fsp3) is 0.278. The SMILES string of the molecule is CCCS(=O)(=O)c1nnc2ccc(NC(=O)c3cc(C)ccc3C)cn12. The van der Waals surface area contributed by atoms with Gasteiger partial charge >= 0.3 is 0 Å². The van der Waals surface area contributed by atoms with E-state index in [2.05, 4.69) is 15.5 Å². The van der Waals surface area contributed by atoms with Crippen molar-refractivity contribution in [2.24, 2.45) is 0 Å². The monoisotopic (exact) mass is 372 g/mol. The van der Waals surface area contributed by atoms with Gasteiger partial charge in [0.2, 0.25) is 9.84 Å². The Labute approximate surface area is 152 Å². The van der Waals surface area contributed by atoms with Gasteiger partial charge in [-0.25, -0.2) is 8.42 Å². The van der Waals surface area contributed by atoms with Gasteiger partial charge in [-0.3, -0.25) is 9.20 Å². The second-order valence-electron chi connectivity index (χ2n) is 6.22. The molecule has 0 aliphatic heterocycles. The van der Waals surface area contributed by atoms with Crippen LogP contribution in [-0.4, -0.2) is 34.7 Å². The van der Waals surface area contributed by atoms with Gasteiger partial charge in [-0.2, -0.15) is 0 Å². The Morgan fingerprint density at radius 3 is 2.65 bits per heavy atom. The van der Waals surface area contributed by atoms with Crippen LogP contribution in [0.15, 0.2) is 41.7 Å². The molecule has 1 N–H and O–H groups in total. The molecule has 0 spiro atoms. The van der Waals surface area contributed by atoms with Crippen LogP contribution in [0.25, 0.3) is 5.65 Å². The molecule has 8 heteroatoms. The van der Waals surface area contributed by atoms with E-state index in [9.17, 15) is 13.2 Å². The largest absolute Gasteiger partial charge is 0.321 e. The third-order valence-corrected chi connectivity index (χ3v) is 5.80. The molecule has 3 rings (SSSR count). The van der Waals surface area contributed by atoms with E-state index < -0.39 is 9.84 Å². The molecule has 2 heterocycles. The summed E-state index contributed by atoms with van der Waals surface area (Å²) < 4.78 is 26.1. The fourth-order valence-corrected chi connectivity index (χ4v) is 4.03. The lowest BCUT2D eigenvalue weighted by Gasteiger charge is -2.09. The first-order valence-electron chi connectivity index (χ1n) is 8.28. The van der Waals surface area contributed by atoms with Gasteiger partial charge in [0.25, 0.3) is 11.1 Å². The highest BCUT2D eigenvalue weighted by atomic mass is 32.2. The molecule has 0 saturated heterocycles. The summed E-state index contributed by atoms with van der Waals surface area (Å²) >= 11 is 0. The molecule has 0 saturated carbocycles. The fourth-order valence-electron chi connectivity index (χ4n) is 2.69. The van der Waals surface area contributed by atoms with Crippen LogP contribution in [-0.2, 0) is 9.84 Å². The smallest absolute Gasteiger partial charge is 0.255 e. The number of pyridine rings is 1. The molecule has 0 atom stereocenters. The van der Waals surface area contributed by atoms with Crippen molar-refractivity contribution in [3.8, 4) is 0 Å². The summed E-state index contributed by atoms with van der Waals surface area (Å²) in [5, 5.41) is 10.4. The zero-order valence-electron chi connectivity index (χ0n) is 14.9. The maximum atomic E-state index is 12.6. The molecule has 0 aliphatic rings. The lowest BCUT2D eigenvalue weighted by Crippen LogP contribution is -2.15. The number of fused-ring (bicyclic) bond motifs is 1. The molecule has 136 valence electrons. The average molecular weight is 372 g/mol. The maximum absolute atomic E-state index is 12.6. The van der Waals surface area contributed by atoms with E-state index in [1.165, 1.54) is 10.6 Å². The topological polar surface area (TPSA) is 93.4 Å². The Morgan fingerprint density at radius 1 is 1.15 bits per heavy atom. The third kappa shape index (κ3) is 3.45. The highest BCUT2D eigenvalue weighted by Gasteiger charge is 2.21. The van der Waals surface area contributed by atoms with Gasteiger partial charge in [-0.05, 0) is 44.0 Å². The van der Waals surface area contributed by atoms with Gasteiger partial charge in [0, 0.05) is 11.8 Å². The second-order valence-corrected chi connectivity index (χ2v) is 8.22. The number of hydrogen-bond acceptors (Lipinski definition) is 5. The Bertz CT molecular complexity index is 1090. The van der Waals surface area contributed by atoms with Crippen molar-refractivity contribution in [1.82, 2.24) is 14.6 Å². The zero-order chi connectivity index (χ0) is 18.9. The van der Waals surface area contributed by atoms with E-state index in [0.29, 0.717) is 23.3 Å². The lowest BCUT2D eigenvalue weighted by molar-refractivity contribution is 0.102. The number of carbonyl (C=O) groups excluding carboxylic acids is 1. The highest BCUT2D eigenvalue weighted by Crippen LogP contribution is 2.18. The van der Waals surface area contributed by atoms with Gasteiger partial charge in [-0.15, -0.1) is 10.2 Å². The summed E-state index contributed by atoms with van der Waals surface area (Å²) in [7, 11) is -3.53. The maximum Gasteiger partial charge on any atom is 0.255 e. The minimum atomic E-state index is -3.53. The number of rotatable bonds is 5. The van der Waals surface area contributed by atoms with Gasteiger partial charge in [0.15, 0.2) is 5.65 Å². The van der Waals surface area contributed by atoms with E-state index in [1.54, 1.807) is 19.1 Å². The first-order chi connectivity index (χ1) is 12.3. The standard InChI is InChI=1S/C18H20N4O3S/c1-4-9-26(24,25)18-21-20-16-8-7-14(11-22(16)18)19-17(23)15-10-12(2)5-6-13(15)3/h5-8,10-11H,4,9H2,1-3H3,(H,19,23). The normalized spacial score (nSPS) is 11.7. The molecule has 0 radical (unpaired) electrons. The van der Waals surface area contributed by atoms with Gasteiger partial charge < -0.3 is 5.32 Å². The first kappa shape index (κ1) is 18.1. The number of carbonyl (C=O) groups is 1. The number of nitrogens with zero attached hydrogens (tertiary/aromatic N) is 3. The van der Waals surface area contributed by atoms with Crippen LogP contribution >= 0.6 is 0 Å². The molecule has 7 nitrogen and oxygen atoms in total. The average Bonchev–Trinajstić information content (AvgIpc) is 3.01. The molecule has 26 heavy (non-hydrogen) atoms. The molecular formula is C18H20N4O3S.